The van der Waals surface area contributed by atoms with Gasteiger partial charge in [-0.25, -0.2) is 0 Å². The van der Waals surface area contributed by atoms with Gasteiger partial charge in [0.1, 0.15) is 5.76 Å². The number of likely N-dealkylation sites (tertiary alicyclic amines) is 1. The molecular weight excluding hydrogens is 324 g/mol. The van der Waals surface area contributed by atoms with Crippen LogP contribution < -0.4 is 5.73 Å². The Morgan fingerprint density at radius 1 is 1.17 bits per heavy atom. The molecule has 1 atom stereocenters. The number of furan rings is 1. The molecule has 4 nitrogen and oxygen atoms in total. The molecule has 0 bridgehead atoms. The zero-order chi connectivity index (χ0) is 16.6. The molecule has 1 aromatic heterocycles. The summed E-state index contributed by atoms with van der Waals surface area (Å²) in [5.41, 5.74) is 8.24. The average molecular weight is 349 g/mol. The van der Waals surface area contributed by atoms with Gasteiger partial charge in [-0.1, -0.05) is 45.0 Å². The highest BCUT2D eigenvalue weighted by Crippen LogP contribution is 2.27. The third-order valence-electron chi connectivity index (χ3n) is 4.36. The molecule has 1 aliphatic rings. The minimum Gasteiger partial charge on any atom is -0.451 e. The van der Waals surface area contributed by atoms with Crippen molar-refractivity contribution in [3.8, 4) is 11.3 Å². The standard InChI is InChI=1S/C19H24N2O2.ClH/c1-19(2,3)14-6-4-13(5-7-14)16-8-9-17(23-16)18(22)21-11-10-15(20)12-21;/h4-9,15H,10-12,20H2,1-3H3;1H/t15-;/m1./s1. The van der Waals surface area contributed by atoms with Crippen molar-refractivity contribution < 1.29 is 9.21 Å². The minimum atomic E-state index is -0.0736. The molecule has 5 heteroatoms. The smallest absolute Gasteiger partial charge is 0.289 e. The van der Waals surface area contributed by atoms with Gasteiger partial charge >= 0.3 is 0 Å². The van der Waals surface area contributed by atoms with E-state index in [0.717, 1.165) is 17.7 Å². The van der Waals surface area contributed by atoms with Gasteiger partial charge < -0.3 is 15.1 Å². The number of halogens is 1. The number of carbonyl (C=O) groups is 1. The van der Waals surface area contributed by atoms with Crippen LogP contribution in [0.3, 0.4) is 0 Å². The summed E-state index contributed by atoms with van der Waals surface area (Å²) >= 11 is 0. The van der Waals surface area contributed by atoms with Crippen LogP contribution in [0, 0.1) is 0 Å². The van der Waals surface area contributed by atoms with Crippen molar-refractivity contribution in [2.45, 2.75) is 38.6 Å². The van der Waals surface area contributed by atoms with E-state index in [2.05, 4.69) is 32.9 Å². The maximum atomic E-state index is 12.4. The summed E-state index contributed by atoms with van der Waals surface area (Å²) in [6.45, 7) is 7.87. The molecule has 24 heavy (non-hydrogen) atoms. The molecule has 0 aliphatic carbocycles. The fourth-order valence-corrected chi connectivity index (χ4v) is 2.87. The van der Waals surface area contributed by atoms with Gasteiger partial charge in [-0.05, 0) is 29.5 Å². The van der Waals surface area contributed by atoms with E-state index in [9.17, 15) is 4.79 Å². The summed E-state index contributed by atoms with van der Waals surface area (Å²) in [7, 11) is 0. The maximum absolute atomic E-state index is 12.4. The van der Waals surface area contributed by atoms with E-state index in [-0.39, 0.29) is 29.8 Å². The molecule has 1 saturated heterocycles. The Morgan fingerprint density at radius 3 is 2.38 bits per heavy atom. The van der Waals surface area contributed by atoms with Crippen LogP contribution >= 0.6 is 12.4 Å². The number of nitrogens with two attached hydrogens (primary N) is 1. The molecule has 0 saturated carbocycles. The van der Waals surface area contributed by atoms with E-state index in [1.54, 1.807) is 11.0 Å². The van der Waals surface area contributed by atoms with Crippen LogP contribution in [0.1, 0.15) is 43.3 Å². The monoisotopic (exact) mass is 348 g/mol. The summed E-state index contributed by atoms with van der Waals surface area (Å²) < 4.78 is 5.77. The van der Waals surface area contributed by atoms with Crippen molar-refractivity contribution in [2.24, 2.45) is 5.73 Å². The molecule has 1 fully saturated rings. The van der Waals surface area contributed by atoms with Crippen LogP contribution in [0.5, 0.6) is 0 Å². The highest BCUT2D eigenvalue weighted by molar-refractivity contribution is 5.92. The number of amides is 1. The first kappa shape index (κ1) is 18.6. The summed E-state index contributed by atoms with van der Waals surface area (Å²) in [4.78, 5) is 14.2. The van der Waals surface area contributed by atoms with Crippen molar-refractivity contribution in [3.05, 3.63) is 47.7 Å². The predicted molar refractivity (Wildman–Crippen MR) is 98.6 cm³/mol. The number of hydrogen-bond donors (Lipinski definition) is 1. The number of benzene rings is 1. The lowest BCUT2D eigenvalue weighted by atomic mass is 9.86. The van der Waals surface area contributed by atoms with E-state index in [1.165, 1.54) is 5.56 Å². The van der Waals surface area contributed by atoms with E-state index in [0.29, 0.717) is 18.8 Å². The molecule has 2 aromatic rings. The van der Waals surface area contributed by atoms with Crippen LogP contribution in [-0.4, -0.2) is 29.9 Å². The molecule has 0 unspecified atom stereocenters. The molecule has 1 amide bonds. The number of carbonyl (C=O) groups excluding carboxylic acids is 1. The van der Waals surface area contributed by atoms with Crippen LogP contribution in [0.4, 0.5) is 0 Å². The first-order chi connectivity index (χ1) is 10.8. The van der Waals surface area contributed by atoms with Crippen molar-refractivity contribution >= 4 is 18.3 Å². The van der Waals surface area contributed by atoms with Crippen molar-refractivity contribution in [1.82, 2.24) is 4.90 Å². The van der Waals surface area contributed by atoms with Gasteiger partial charge in [-0.3, -0.25) is 4.79 Å². The Kier molecular flexibility index (Phi) is 5.41. The van der Waals surface area contributed by atoms with E-state index in [4.69, 9.17) is 10.2 Å². The highest BCUT2D eigenvalue weighted by atomic mass is 35.5. The van der Waals surface area contributed by atoms with E-state index >= 15 is 0 Å². The number of rotatable bonds is 2. The van der Waals surface area contributed by atoms with Crippen molar-refractivity contribution in [2.75, 3.05) is 13.1 Å². The van der Waals surface area contributed by atoms with Gasteiger partial charge in [0.15, 0.2) is 5.76 Å². The molecular formula is C19H25ClN2O2. The highest BCUT2D eigenvalue weighted by Gasteiger charge is 2.26. The van der Waals surface area contributed by atoms with Crippen LogP contribution in [0.2, 0.25) is 0 Å². The van der Waals surface area contributed by atoms with Crippen molar-refractivity contribution in [3.63, 3.8) is 0 Å². The topological polar surface area (TPSA) is 59.5 Å². The Labute approximate surface area is 149 Å². The minimum absolute atomic E-state index is 0. The Bertz CT molecular complexity index is 701. The molecule has 1 aromatic carbocycles. The summed E-state index contributed by atoms with van der Waals surface area (Å²) in [6, 6.07) is 12.0. The zero-order valence-corrected chi connectivity index (χ0v) is 15.2. The van der Waals surface area contributed by atoms with Gasteiger partial charge in [0.2, 0.25) is 0 Å². The first-order valence-electron chi connectivity index (χ1n) is 8.10. The summed E-state index contributed by atoms with van der Waals surface area (Å²) in [5, 5.41) is 0. The van der Waals surface area contributed by atoms with Gasteiger partial charge in [-0.15, -0.1) is 12.4 Å². The normalized spacial score (nSPS) is 17.7. The molecule has 130 valence electrons. The molecule has 2 heterocycles. The van der Waals surface area contributed by atoms with Crippen molar-refractivity contribution in [1.29, 1.82) is 0 Å². The average Bonchev–Trinajstić information content (AvgIpc) is 3.15. The molecule has 0 spiro atoms. The third-order valence-corrected chi connectivity index (χ3v) is 4.36. The molecule has 2 N–H and O–H groups in total. The Morgan fingerprint density at radius 2 is 1.83 bits per heavy atom. The predicted octanol–water partition coefficient (Wildman–Crippen LogP) is 3.84. The Balaban J connectivity index is 0.00000208. The third kappa shape index (κ3) is 3.82. The first-order valence-corrected chi connectivity index (χ1v) is 8.10. The fraction of sp³-hybridized carbons (Fsp3) is 0.421. The van der Waals surface area contributed by atoms with Gasteiger partial charge in [0.05, 0.1) is 0 Å². The van der Waals surface area contributed by atoms with E-state index < -0.39 is 0 Å². The van der Waals surface area contributed by atoms with Crippen LogP contribution in [-0.2, 0) is 5.41 Å². The lowest BCUT2D eigenvalue weighted by molar-refractivity contribution is 0.0760. The fourth-order valence-electron chi connectivity index (χ4n) is 2.87. The lowest BCUT2D eigenvalue weighted by Crippen LogP contribution is -2.31. The summed E-state index contributed by atoms with van der Waals surface area (Å²) in [5.74, 6) is 1.03. The van der Waals surface area contributed by atoms with Gasteiger partial charge in [0.25, 0.3) is 5.91 Å². The SMILES string of the molecule is CC(C)(C)c1ccc(-c2ccc(C(=O)N3CC[C@@H](N)C3)o2)cc1.Cl. The second-order valence-electron chi connectivity index (χ2n) is 7.29. The van der Waals surface area contributed by atoms with Gasteiger partial charge in [-0.2, -0.15) is 0 Å². The molecule has 3 rings (SSSR count). The van der Waals surface area contributed by atoms with Gasteiger partial charge in [0, 0.05) is 24.7 Å². The zero-order valence-electron chi connectivity index (χ0n) is 14.4. The number of nitrogens with zero attached hydrogens (tertiary/aromatic N) is 1. The second kappa shape index (κ2) is 6.99. The number of hydrogen-bond acceptors (Lipinski definition) is 3. The summed E-state index contributed by atoms with van der Waals surface area (Å²) in [6.07, 6.45) is 0.855. The molecule has 0 radical (unpaired) electrons. The van der Waals surface area contributed by atoms with E-state index in [1.807, 2.05) is 18.2 Å². The Hall–Kier alpha value is -1.78. The second-order valence-corrected chi connectivity index (χ2v) is 7.29. The lowest BCUT2D eigenvalue weighted by Gasteiger charge is -2.18. The largest absolute Gasteiger partial charge is 0.451 e. The molecule has 1 aliphatic heterocycles. The van der Waals surface area contributed by atoms with Crippen LogP contribution in [0.25, 0.3) is 11.3 Å². The quantitative estimate of drug-likeness (QED) is 0.897. The van der Waals surface area contributed by atoms with Crippen LogP contribution in [0.15, 0.2) is 40.8 Å². The maximum Gasteiger partial charge on any atom is 0.289 e.